The molecule has 3 N–H and O–H groups in total. The summed E-state index contributed by atoms with van der Waals surface area (Å²) in [4.78, 5) is 31.0. The maximum Gasteiger partial charge on any atom is 0.337 e. The Kier molecular flexibility index (Phi) is 7.60. The van der Waals surface area contributed by atoms with Crippen molar-refractivity contribution >= 4 is 17.6 Å². The average molecular weight is 482 g/mol. The average Bonchev–Trinajstić information content (AvgIpc) is 2.72. The lowest BCUT2D eigenvalue weighted by atomic mass is 9.81. The molecule has 0 bridgehead atoms. The molecule has 1 aliphatic heterocycles. The Morgan fingerprint density at radius 2 is 1.69 bits per heavy atom. The number of hydrogen-bond acceptors (Lipinski definition) is 5. The van der Waals surface area contributed by atoms with Crippen LogP contribution in [0.2, 0.25) is 0 Å². The highest BCUT2D eigenvalue weighted by Crippen LogP contribution is 2.44. The molecule has 0 radical (unpaired) electrons. The number of amides is 1. The van der Waals surface area contributed by atoms with Crippen molar-refractivity contribution in [2.45, 2.75) is 79.4 Å². The number of aryl methyl sites for hydroxylation is 2. The SMILES string of the molecule is Cc1nc(C)c(C(OC(C)(C)C)C(=O)O)c(N2CCC(C)(C)CC2)c1-c1ccc(CC(N)=O)cc1. The first-order valence-electron chi connectivity index (χ1n) is 12.2. The van der Waals surface area contributed by atoms with Crippen LogP contribution in [0.1, 0.15) is 76.1 Å². The van der Waals surface area contributed by atoms with Gasteiger partial charge < -0.3 is 20.5 Å². The van der Waals surface area contributed by atoms with Crippen LogP contribution < -0.4 is 10.6 Å². The number of benzene rings is 1. The van der Waals surface area contributed by atoms with Crippen LogP contribution in [0.15, 0.2) is 24.3 Å². The minimum Gasteiger partial charge on any atom is -0.479 e. The minimum atomic E-state index is -1.15. The van der Waals surface area contributed by atoms with Crippen LogP contribution in [0.5, 0.6) is 0 Å². The van der Waals surface area contributed by atoms with Crippen molar-refractivity contribution in [1.82, 2.24) is 4.98 Å². The Balaban J connectivity index is 2.25. The molecule has 7 nitrogen and oxygen atoms in total. The molecule has 7 heteroatoms. The topological polar surface area (TPSA) is 106 Å². The summed E-state index contributed by atoms with van der Waals surface area (Å²) in [7, 11) is 0. The predicted molar refractivity (Wildman–Crippen MR) is 138 cm³/mol. The second kappa shape index (κ2) is 9.97. The Bertz CT molecular complexity index is 1090. The van der Waals surface area contributed by atoms with Crippen molar-refractivity contribution < 1.29 is 19.4 Å². The van der Waals surface area contributed by atoms with Gasteiger partial charge in [-0.3, -0.25) is 9.78 Å². The summed E-state index contributed by atoms with van der Waals surface area (Å²) >= 11 is 0. The van der Waals surface area contributed by atoms with Crippen molar-refractivity contribution in [1.29, 1.82) is 0 Å². The molecule has 1 amide bonds. The molecule has 2 heterocycles. The van der Waals surface area contributed by atoms with Crippen molar-refractivity contribution in [3.63, 3.8) is 0 Å². The Labute approximate surface area is 208 Å². The number of primary amides is 1. The number of aliphatic carboxylic acids is 1. The fourth-order valence-electron chi connectivity index (χ4n) is 4.75. The molecule has 1 fully saturated rings. The number of pyridine rings is 1. The fraction of sp³-hybridized carbons (Fsp3) is 0.536. The zero-order valence-corrected chi connectivity index (χ0v) is 22.1. The summed E-state index contributed by atoms with van der Waals surface area (Å²) in [6.07, 6.45) is 1.02. The van der Waals surface area contributed by atoms with E-state index < -0.39 is 17.7 Å². The normalized spacial score (nSPS) is 16.7. The van der Waals surface area contributed by atoms with Gasteiger partial charge in [-0.25, -0.2) is 4.79 Å². The van der Waals surface area contributed by atoms with Crippen molar-refractivity contribution in [3.8, 4) is 11.1 Å². The smallest absolute Gasteiger partial charge is 0.337 e. The van der Waals surface area contributed by atoms with Crippen molar-refractivity contribution in [2.24, 2.45) is 11.1 Å². The molecule has 3 rings (SSSR count). The van der Waals surface area contributed by atoms with E-state index in [-0.39, 0.29) is 17.7 Å². The summed E-state index contributed by atoms with van der Waals surface area (Å²) in [5, 5.41) is 10.3. The molecule has 1 atom stereocenters. The molecule has 0 spiro atoms. The van der Waals surface area contributed by atoms with Crippen LogP contribution in [0.3, 0.4) is 0 Å². The molecule has 1 aliphatic rings. The second-order valence-corrected chi connectivity index (χ2v) is 11.4. The van der Waals surface area contributed by atoms with Gasteiger partial charge in [-0.05, 0) is 64.0 Å². The summed E-state index contributed by atoms with van der Waals surface area (Å²) < 4.78 is 6.11. The van der Waals surface area contributed by atoms with E-state index in [0.29, 0.717) is 11.3 Å². The number of carbonyl (C=O) groups is 2. The van der Waals surface area contributed by atoms with Gasteiger partial charge in [-0.2, -0.15) is 0 Å². The lowest BCUT2D eigenvalue weighted by molar-refractivity contribution is -0.160. The van der Waals surface area contributed by atoms with Crippen LogP contribution >= 0.6 is 0 Å². The number of hydrogen-bond donors (Lipinski definition) is 2. The maximum absolute atomic E-state index is 12.5. The number of nitrogens with zero attached hydrogens (tertiary/aromatic N) is 2. The van der Waals surface area contributed by atoms with Gasteiger partial charge in [0, 0.05) is 35.6 Å². The molecule has 1 aromatic carbocycles. The Morgan fingerprint density at radius 3 is 2.17 bits per heavy atom. The summed E-state index contributed by atoms with van der Waals surface area (Å²) in [6, 6.07) is 7.70. The molecular formula is C28H39N3O4. The molecule has 0 aliphatic carbocycles. The number of anilines is 1. The Hall–Kier alpha value is -2.93. The number of nitrogens with two attached hydrogens (primary N) is 1. The highest BCUT2D eigenvalue weighted by Gasteiger charge is 2.36. The van der Waals surface area contributed by atoms with E-state index in [1.165, 1.54) is 0 Å². The predicted octanol–water partition coefficient (Wildman–Crippen LogP) is 4.96. The standard InChI is InChI=1S/C28H39N3O4/c1-17-22(20-10-8-19(9-11-20)16-21(29)32)24(31-14-12-28(6,7)13-15-31)23(18(2)30-17)25(26(33)34)35-27(3,4)5/h8-11,25H,12-16H2,1-7H3,(H2,29,32)(H,33,34). The van der Waals surface area contributed by atoms with E-state index in [9.17, 15) is 14.7 Å². The lowest BCUT2D eigenvalue weighted by Crippen LogP contribution is -2.39. The number of carboxylic acids is 1. The van der Waals surface area contributed by atoms with Crippen LogP contribution in [-0.2, 0) is 20.7 Å². The van der Waals surface area contributed by atoms with E-state index in [4.69, 9.17) is 15.5 Å². The van der Waals surface area contributed by atoms with E-state index >= 15 is 0 Å². The number of carboxylic acid groups (broad SMARTS) is 1. The van der Waals surface area contributed by atoms with Gasteiger partial charge in [0.1, 0.15) is 0 Å². The summed E-state index contributed by atoms with van der Waals surface area (Å²) in [5.74, 6) is -1.41. The Morgan fingerprint density at radius 1 is 1.11 bits per heavy atom. The van der Waals surface area contributed by atoms with Crippen LogP contribution in [0.4, 0.5) is 5.69 Å². The largest absolute Gasteiger partial charge is 0.479 e. The molecule has 35 heavy (non-hydrogen) atoms. The van der Waals surface area contributed by atoms with Gasteiger partial charge in [-0.15, -0.1) is 0 Å². The quantitative estimate of drug-likeness (QED) is 0.579. The highest BCUT2D eigenvalue weighted by molar-refractivity contribution is 5.88. The monoisotopic (exact) mass is 481 g/mol. The fourth-order valence-corrected chi connectivity index (χ4v) is 4.75. The van der Waals surface area contributed by atoms with Gasteiger partial charge in [-0.1, -0.05) is 38.1 Å². The number of rotatable bonds is 7. The van der Waals surface area contributed by atoms with Crippen LogP contribution in [0.25, 0.3) is 11.1 Å². The van der Waals surface area contributed by atoms with Gasteiger partial charge >= 0.3 is 5.97 Å². The first kappa shape index (κ1) is 26.7. The molecule has 1 unspecified atom stereocenters. The van der Waals surface area contributed by atoms with Crippen LogP contribution in [0, 0.1) is 19.3 Å². The second-order valence-electron chi connectivity index (χ2n) is 11.4. The minimum absolute atomic E-state index is 0.172. The highest BCUT2D eigenvalue weighted by atomic mass is 16.5. The van der Waals surface area contributed by atoms with E-state index in [2.05, 4.69) is 18.7 Å². The number of aromatic nitrogens is 1. The zero-order valence-electron chi connectivity index (χ0n) is 22.1. The third-order valence-corrected chi connectivity index (χ3v) is 6.59. The summed E-state index contributed by atoms with van der Waals surface area (Å²) in [6.45, 7) is 15.6. The molecule has 190 valence electrons. The molecule has 2 aromatic rings. The van der Waals surface area contributed by atoms with E-state index in [1.807, 2.05) is 58.9 Å². The van der Waals surface area contributed by atoms with Gasteiger partial charge in [0.05, 0.1) is 17.7 Å². The van der Waals surface area contributed by atoms with Gasteiger partial charge in [0.25, 0.3) is 0 Å². The number of carbonyl (C=O) groups excluding carboxylic acids is 1. The van der Waals surface area contributed by atoms with Gasteiger partial charge in [0.15, 0.2) is 6.10 Å². The van der Waals surface area contributed by atoms with Crippen molar-refractivity contribution in [3.05, 3.63) is 46.8 Å². The third-order valence-electron chi connectivity index (χ3n) is 6.59. The lowest BCUT2D eigenvalue weighted by Gasteiger charge is -2.41. The molecule has 0 saturated carbocycles. The number of piperidine rings is 1. The molecular weight excluding hydrogens is 442 g/mol. The van der Waals surface area contributed by atoms with E-state index in [1.54, 1.807) is 0 Å². The van der Waals surface area contributed by atoms with Crippen molar-refractivity contribution in [2.75, 3.05) is 18.0 Å². The first-order valence-corrected chi connectivity index (χ1v) is 12.2. The molecule has 1 saturated heterocycles. The maximum atomic E-state index is 12.5. The first-order chi connectivity index (χ1) is 16.2. The third kappa shape index (κ3) is 6.40. The number of ether oxygens (including phenoxy) is 1. The van der Waals surface area contributed by atoms with Crippen LogP contribution in [-0.4, -0.2) is 40.7 Å². The summed E-state index contributed by atoms with van der Waals surface area (Å²) in [5.41, 5.74) is 10.6. The van der Waals surface area contributed by atoms with E-state index in [0.717, 1.165) is 54.0 Å². The zero-order chi connectivity index (χ0) is 26.1. The van der Waals surface area contributed by atoms with Gasteiger partial charge in [0.2, 0.25) is 5.91 Å². The molecule has 1 aromatic heterocycles.